The van der Waals surface area contributed by atoms with E-state index in [1.165, 1.54) is 0 Å². The number of nitrogens with one attached hydrogen (secondary N) is 3. The Bertz CT molecular complexity index is 402. The van der Waals surface area contributed by atoms with Gasteiger partial charge in [0.1, 0.15) is 6.54 Å². The molecule has 0 rings (SSSR count). The number of imide groups is 1. The van der Waals surface area contributed by atoms with Crippen LogP contribution in [-0.4, -0.2) is 55.3 Å². The van der Waals surface area contributed by atoms with Gasteiger partial charge in [0.2, 0.25) is 0 Å². The summed E-state index contributed by atoms with van der Waals surface area (Å²) >= 11 is 0. The molecule has 0 aromatic carbocycles. The van der Waals surface area contributed by atoms with Gasteiger partial charge in [-0.05, 0) is 20.8 Å². The summed E-state index contributed by atoms with van der Waals surface area (Å²) in [5.74, 6) is -0.682. The standard InChI is InChI=1S/C11H20N4O5/c1-11(2,3)14-10(18)15(8(12)20-5)9(17)13-6-7(16)19-4/h12H,6H2,1-5H3,(H,13,17)(H,14,18). The minimum absolute atomic E-state index is 0.425. The first-order chi connectivity index (χ1) is 9.12. The van der Waals surface area contributed by atoms with Gasteiger partial charge in [-0.15, -0.1) is 0 Å². The van der Waals surface area contributed by atoms with E-state index in [1.807, 2.05) is 0 Å². The largest absolute Gasteiger partial charge is 0.468 e. The Morgan fingerprint density at radius 2 is 1.65 bits per heavy atom. The van der Waals surface area contributed by atoms with Crippen molar-refractivity contribution in [2.24, 2.45) is 0 Å². The van der Waals surface area contributed by atoms with Crippen LogP contribution in [0.1, 0.15) is 20.8 Å². The number of hydrogen-bond acceptors (Lipinski definition) is 6. The van der Waals surface area contributed by atoms with E-state index in [2.05, 4.69) is 20.1 Å². The molecule has 4 amide bonds. The predicted molar refractivity (Wildman–Crippen MR) is 70.3 cm³/mol. The molecule has 3 N–H and O–H groups in total. The van der Waals surface area contributed by atoms with Gasteiger partial charge >= 0.3 is 24.1 Å². The summed E-state index contributed by atoms with van der Waals surface area (Å²) in [6.07, 6.45) is 0. The van der Waals surface area contributed by atoms with E-state index in [4.69, 9.17) is 5.41 Å². The van der Waals surface area contributed by atoms with E-state index in [-0.39, 0.29) is 0 Å². The van der Waals surface area contributed by atoms with Gasteiger partial charge < -0.3 is 20.1 Å². The number of nitrogens with zero attached hydrogens (tertiary/aromatic N) is 1. The zero-order valence-corrected chi connectivity index (χ0v) is 12.2. The monoisotopic (exact) mass is 288 g/mol. The molecule has 114 valence electrons. The predicted octanol–water partition coefficient (Wildman–Crippen LogP) is 0.260. The highest BCUT2D eigenvalue weighted by Gasteiger charge is 2.29. The molecule has 9 heteroatoms. The first-order valence-electron chi connectivity index (χ1n) is 5.72. The Hall–Kier alpha value is -2.32. The van der Waals surface area contributed by atoms with Crippen LogP contribution in [0.15, 0.2) is 0 Å². The van der Waals surface area contributed by atoms with Gasteiger partial charge in [-0.1, -0.05) is 0 Å². The van der Waals surface area contributed by atoms with E-state index in [0.29, 0.717) is 4.90 Å². The van der Waals surface area contributed by atoms with Crippen molar-refractivity contribution in [1.29, 1.82) is 5.41 Å². The number of ether oxygens (including phenoxy) is 2. The van der Waals surface area contributed by atoms with Gasteiger partial charge in [0.15, 0.2) is 0 Å². The van der Waals surface area contributed by atoms with Crippen LogP contribution in [0.2, 0.25) is 0 Å². The van der Waals surface area contributed by atoms with Crippen molar-refractivity contribution in [2.75, 3.05) is 20.8 Å². The normalized spacial score (nSPS) is 10.2. The molecule has 0 saturated heterocycles. The Labute approximate surface area is 117 Å². The fraction of sp³-hybridized carbons (Fsp3) is 0.636. The molecule has 20 heavy (non-hydrogen) atoms. The second-order valence-corrected chi connectivity index (χ2v) is 4.76. The Morgan fingerprint density at radius 1 is 1.10 bits per heavy atom. The molecule has 0 aliphatic heterocycles. The maximum Gasteiger partial charge on any atom is 0.334 e. The quantitative estimate of drug-likeness (QED) is 0.382. The number of esters is 1. The fourth-order valence-electron chi connectivity index (χ4n) is 1.04. The van der Waals surface area contributed by atoms with Crippen molar-refractivity contribution in [3.05, 3.63) is 0 Å². The Morgan fingerprint density at radius 3 is 2.05 bits per heavy atom. The molecular weight excluding hydrogens is 268 g/mol. The average Bonchev–Trinajstić information content (AvgIpc) is 2.33. The number of amides is 4. The van der Waals surface area contributed by atoms with E-state index in [9.17, 15) is 14.4 Å². The van der Waals surface area contributed by atoms with Gasteiger partial charge in [-0.25, -0.2) is 9.59 Å². The molecule has 0 aromatic rings. The van der Waals surface area contributed by atoms with E-state index in [0.717, 1.165) is 14.2 Å². The summed E-state index contributed by atoms with van der Waals surface area (Å²) in [6.45, 7) is 4.72. The van der Waals surface area contributed by atoms with Gasteiger partial charge in [0, 0.05) is 5.54 Å². The average molecular weight is 288 g/mol. The number of amidine groups is 1. The first-order valence-corrected chi connectivity index (χ1v) is 5.72. The summed E-state index contributed by atoms with van der Waals surface area (Å²) in [4.78, 5) is 35.1. The summed E-state index contributed by atoms with van der Waals surface area (Å²) in [5.41, 5.74) is -0.605. The van der Waals surface area contributed by atoms with Crippen LogP contribution in [-0.2, 0) is 14.3 Å². The highest BCUT2D eigenvalue weighted by atomic mass is 16.5. The van der Waals surface area contributed by atoms with E-state index < -0.39 is 36.1 Å². The number of methoxy groups -OCH3 is 2. The first kappa shape index (κ1) is 17.7. The second kappa shape index (κ2) is 7.31. The second-order valence-electron chi connectivity index (χ2n) is 4.76. The van der Waals surface area contributed by atoms with Crippen LogP contribution < -0.4 is 10.6 Å². The van der Waals surface area contributed by atoms with Crippen LogP contribution in [0, 0.1) is 5.41 Å². The third-order valence-corrected chi connectivity index (χ3v) is 1.90. The summed E-state index contributed by atoms with van der Waals surface area (Å²) < 4.78 is 8.92. The number of hydrogen-bond donors (Lipinski definition) is 3. The minimum atomic E-state index is -0.969. The molecule has 0 fully saturated rings. The molecule has 0 aromatic heterocycles. The van der Waals surface area contributed by atoms with Crippen LogP contribution in [0.25, 0.3) is 0 Å². The van der Waals surface area contributed by atoms with Gasteiger partial charge in [0.05, 0.1) is 14.2 Å². The highest BCUT2D eigenvalue weighted by Crippen LogP contribution is 2.02. The molecule has 0 aliphatic carbocycles. The number of carbonyl (C=O) groups is 3. The molecule has 9 nitrogen and oxygen atoms in total. The summed E-state index contributed by atoms with van der Waals surface area (Å²) in [5, 5.41) is 12.1. The van der Waals surface area contributed by atoms with Crippen molar-refractivity contribution >= 4 is 24.1 Å². The van der Waals surface area contributed by atoms with Crippen molar-refractivity contribution < 1.29 is 23.9 Å². The maximum absolute atomic E-state index is 11.9. The summed E-state index contributed by atoms with van der Waals surface area (Å²) in [7, 11) is 2.31. The Balaban J connectivity index is 4.88. The highest BCUT2D eigenvalue weighted by molar-refractivity contribution is 6.08. The topological polar surface area (TPSA) is 121 Å². The smallest absolute Gasteiger partial charge is 0.334 e. The SMILES string of the molecule is COC(=N)N(C(=O)NCC(=O)OC)C(=O)NC(C)(C)C. The van der Waals surface area contributed by atoms with Gasteiger partial charge in [-0.2, -0.15) is 4.90 Å². The van der Waals surface area contributed by atoms with E-state index >= 15 is 0 Å². The van der Waals surface area contributed by atoms with Crippen LogP contribution >= 0.6 is 0 Å². The Kier molecular flexibility index (Phi) is 6.47. The molecule has 0 saturated carbocycles. The zero-order valence-electron chi connectivity index (χ0n) is 12.2. The van der Waals surface area contributed by atoms with Crippen LogP contribution in [0.5, 0.6) is 0 Å². The number of urea groups is 2. The molecule has 0 atom stereocenters. The lowest BCUT2D eigenvalue weighted by Gasteiger charge is -2.26. The third kappa shape index (κ3) is 6.03. The molecule has 0 spiro atoms. The van der Waals surface area contributed by atoms with Crippen molar-refractivity contribution in [3.63, 3.8) is 0 Å². The molecule has 0 unspecified atom stereocenters. The fourth-order valence-corrected chi connectivity index (χ4v) is 1.04. The zero-order chi connectivity index (χ0) is 15.9. The van der Waals surface area contributed by atoms with E-state index in [1.54, 1.807) is 20.8 Å². The molecule has 0 radical (unpaired) electrons. The molecule has 0 heterocycles. The van der Waals surface area contributed by atoms with Gasteiger partial charge in [-0.3, -0.25) is 10.2 Å². The molecular formula is C11H20N4O5. The third-order valence-electron chi connectivity index (χ3n) is 1.90. The van der Waals surface area contributed by atoms with Crippen molar-refractivity contribution in [2.45, 2.75) is 26.3 Å². The lowest BCUT2D eigenvalue weighted by atomic mass is 10.1. The minimum Gasteiger partial charge on any atom is -0.468 e. The molecule has 0 aliphatic rings. The maximum atomic E-state index is 11.9. The van der Waals surface area contributed by atoms with Gasteiger partial charge in [0.25, 0.3) is 0 Å². The lowest BCUT2D eigenvalue weighted by molar-refractivity contribution is -0.139. The van der Waals surface area contributed by atoms with Crippen LogP contribution in [0.4, 0.5) is 9.59 Å². The number of rotatable bonds is 2. The molecule has 0 bridgehead atoms. The summed E-state index contributed by atoms with van der Waals surface area (Å²) in [6, 6.07) is -2.48. The number of carbonyl (C=O) groups excluding carboxylic acids is 3. The van der Waals surface area contributed by atoms with Crippen molar-refractivity contribution in [1.82, 2.24) is 15.5 Å². The van der Waals surface area contributed by atoms with Crippen LogP contribution in [0.3, 0.4) is 0 Å². The lowest BCUT2D eigenvalue weighted by Crippen LogP contribution is -2.56. The van der Waals surface area contributed by atoms with Crippen molar-refractivity contribution in [3.8, 4) is 0 Å².